The second-order valence-corrected chi connectivity index (χ2v) is 6.52. The van der Waals surface area contributed by atoms with Crippen LogP contribution in [-0.4, -0.2) is 37.7 Å². The van der Waals surface area contributed by atoms with E-state index in [1.54, 1.807) is 7.11 Å². The van der Waals surface area contributed by atoms with Crippen molar-refractivity contribution in [1.82, 2.24) is 5.32 Å². The van der Waals surface area contributed by atoms with Crippen LogP contribution in [0.15, 0.2) is 4.99 Å². The molecule has 1 aliphatic carbocycles. The first-order valence-electron chi connectivity index (χ1n) is 6.64. The molecular formula is C13H24N2OS. The minimum atomic E-state index is 0.547. The number of hydrogen-bond donors (Lipinski definition) is 1. The van der Waals surface area contributed by atoms with E-state index in [0.717, 1.165) is 24.9 Å². The summed E-state index contributed by atoms with van der Waals surface area (Å²) < 4.78 is 5.13. The average molecular weight is 256 g/mol. The molecule has 0 radical (unpaired) electrons. The van der Waals surface area contributed by atoms with Crippen molar-refractivity contribution in [1.29, 1.82) is 0 Å². The maximum Gasteiger partial charge on any atom is 0.156 e. The molecule has 1 N–H and O–H groups in total. The molecule has 1 unspecified atom stereocenters. The number of aliphatic imine (C=N–C) groups is 1. The van der Waals surface area contributed by atoms with Crippen LogP contribution in [0.1, 0.15) is 32.6 Å². The van der Waals surface area contributed by atoms with Crippen molar-refractivity contribution in [2.24, 2.45) is 16.3 Å². The first kappa shape index (κ1) is 13.2. The zero-order valence-corrected chi connectivity index (χ0v) is 11.8. The van der Waals surface area contributed by atoms with Gasteiger partial charge in [-0.05, 0) is 24.2 Å². The fraction of sp³-hybridized carbons (Fsp3) is 0.923. The smallest absolute Gasteiger partial charge is 0.156 e. The van der Waals surface area contributed by atoms with Gasteiger partial charge in [-0.1, -0.05) is 31.5 Å². The summed E-state index contributed by atoms with van der Waals surface area (Å²) in [4.78, 5) is 4.72. The van der Waals surface area contributed by atoms with E-state index >= 15 is 0 Å². The molecule has 17 heavy (non-hydrogen) atoms. The Labute approximate surface area is 109 Å². The number of thioether (sulfide) groups is 1. The molecule has 2 rings (SSSR count). The Morgan fingerprint density at radius 2 is 2.24 bits per heavy atom. The highest BCUT2D eigenvalue weighted by Gasteiger charge is 2.36. The third kappa shape index (κ3) is 3.62. The van der Waals surface area contributed by atoms with Crippen molar-refractivity contribution in [3.8, 4) is 0 Å². The molecule has 1 fully saturated rings. The van der Waals surface area contributed by atoms with Crippen LogP contribution in [0.25, 0.3) is 0 Å². The molecule has 0 aromatic carbocycles. The summed E-state index contributed by atoms with van der Waals surface area (Å²) in [5.41, 5.74) is 0.550. The van der Waals surface area contributed by atoms with Gasteiger partial charge in [0.15, 0.2) is 5.17 Å². The summed E-state index contributed by atoms with van der Waals surface area (Å²) >= 11 is 1.92. The number of hydrogen-bond acceptors (Lipinski definition) is 4. The maximum absolute atomic E-state index is 5.13. The number of ether oxygens (including phenoxy) is 1. The van der Waals surface area contributed by atoms with Crippen LogP contribution in [0.3, 0.4) is 0 Å². The summed E-state index contributed by atoms with van der Waals surface area (Å²) in [5, 5.41) is 4.59. The lowest BCUT2D eigenvalue weighted by Crippen LogP contribution is -2.35. The molecule has 0 saturated heterocycles. The van der Waals surface area contributed by atoms with E-state index < -0.39 is 0 Å². The SMILES string of the molecule is COCC(C)CNC1=NCC2(CCCC2)CS1. The molecule has 1 atom stereocenters. The van der Waals surface area contributed by atoms with Gasteiger partial charge < -0.3 is 10.1 Å². The van der Waals surface area contributed by atoms with E-state index in [1.165, 1.54) is 31.4 Å². The third-order valence-electron chi connectivity index (χ3n) is 3.79. The first-order chi connectivity index (χ1) is 8.24. The predicted molar refractivity (Wildman–Crippen MR) is 74.7 cm³/mol. The van der Waals surface area contributed by atoms with E-state index in [4.69, 9.17) is 9.73 Å². The highest BCUT2D eigenvalue weighted by molar-refractivity contribution is 8.13. The number of nitrogens with one attached hydrogen (secondary N) is 1. The van der Waals surface area contributed by atoms with Gasteiger partial charge >= 0.3 is 0 Å². The molecule has 0 aromatic rings. The van der Waals surface area contributed by atoms with Crippen LogP contribution in [0.4, 0.5) is 0 Å². The standard InChI is InChI=1S/C13H24N2OS/c1-11(8-16-2)7-14-12-15-9-13(10-17-12)5-3-4-6-13/h11H,3-10H2,1-2H3,(H,14,15). The van der Waals surface area contributed by atoms with E-state index in [9.17, 15) is 0 Å². The lowest BCUT2D eigenvalue weighted by atomic mass is 9.89. The second kappa shape index (κ2) is 6.10. The minimum Gasteiger partial charge on any atom is -0.384 e. The number of rotatable bonds is 4. The van der Waals surface area contributed by atoms with Crippen LogP contribution in [0, 0.1) is 11.3 Å². The zero-order valence-electron chi connectivity index (χ0n) is 11.0. The lowest BCUT2D eigenvalue weighted by Gasteiger charge is -2.31. The van der Waals surface area contributed by atoms with Crippen molar-refractivity contribution in [3.05, 3.63) is 0 Å². The van der Waals surface area contributed by atoms with Gasteiger partial charge in [0.25, 0.3) is 0 Å². The maximum atomic E-state index is 5.13. The first-order valence-corrected chi connectivity index (χ1v) is 7.63. The van der Waals surface area contributed by atoms with Crippen molar-refractivity contribution < 1.29 is 4.74 Å². The Balaban J connectivity index is 1.74. The van der Waals surface area contributed by atoms with Crippen LogP contribution in [-0.2, 0) is 4.74 Å². The van der Waals surface area contributed by atoms with Crippen molar-refractivity contribution >= 4 is 16.9 Å². The Morgan fingerprint density at radius 1 is 1.47 bits per heavy atom. The molecule has 1 heterocycles. The van der Waals surface area contributed by atoms with Gasteiger partial charge in [-0.2, -0.15) is 0 Å². The molecule has 1 saturated carbocycles. The fourth-order valence-corrected chi connectivity index (χ4v) is 3.86. The van der Waals surface area contributed by atoms with Gasteiger partial charge in [-0.25, -0.2) is 0 Å². The molecule has 0 bridgehead atoms. The molecule has 1 aliphatic heterocycles. The normalized spacial score (nSPS) is 24.7. The number of methoxy groups -OCH3 is 1. The Hall–Kier alpha value is -0.220. The Bertz CT molecular complexity index is 275. The van der Waals surface area contributed by atoms with Crippen LogP contribution >= 0.6 is 11.8 Å². The molecule has 4 heteroatoms. The van der Waals surface area contributed by atoms with Crippen molar-refractivity contribution in [3.63, 3.8) is 0 Å². The number of amidine groups is 1. The van der Waals surface area contributed by atoms with Gasteiger partial charge in [0.2, 0.25) is 0 Å². The number of nitrogens with zero attached hydrogens (tertiary/aromatic N) is 1. The lowest BCUT2D eigenvalue weighted by molar-refractivity contribution is 0.161. The zero-order chi connectivity index (χ0) is 12.1. The molecular weight excluding hydrogens is 232 g/mol. The largest absolute Gasteiger partial charge is 0.384 e. The van der Waals surface area contributed by atoms with Gasteiger partial charge in [-0.15, -0.1) is 0 Å². The van der Waals surface area contributed by atoms with E-state index in [1.807, 2.05) is 11.8 Å². The van der Waals surface area contributed by atoms with Gasteiger partial charge in [0.1, 0.15) is 0 Å². The molecule has 3 nitrogen and oxygen atoms in total. The quantitative estimate of drug-likeness (QED) is 0.839. The topological polar surface area (TPSA) is 33.6 Å². The third-order valence-corrected chi connectivity index (χ3v) is 5.09. The molecule has 0 amide bonds. The van der Waals surface area contributed by atoms with Crippen molar-refractivity contribution in [2.45, 2.75) is 32.6 Å². The van der Waals surface area contributed by atoms with E-state index in [0.29, 0.717) is 11.3 Å². The summed E-state index contributed by atoms with van der Waals surface area (Å²) in [6, 6.07) is 0. The molecule has 0 aromatic heterocycles. The van der Waals surface area contributed by atoms with Crippen LogP contribution < -0.4 is 5.32 Å². The van der Waals surface area contributed by atoms with E-state index in [-0.39, 0.29) is 0 Å². The highest BCUT2D eigenvalue weighted by Crippen LogP contribution is 2.43. The van der Waals surface area contributed by atoms with Gasteiger partial charge in [0, 0.05) is 26.0 Å². The Kier molecular flexibility index (Phi) is 4.74. The van der Waals surface area contributed by atoms with Crippen LogP contribution in [0.5, 0.6) is 0 Å². The fourth-order valence-electron chi connectivity index (χ4n) is 2.69. The van der Waals surface area contributed by atoms with Gasteiger partial charge in [-0.3, -0.25) is 4.99 Å². The summed E-state index contributed by atoms with van der Waals surface area (Å²) in [6.07, 6.45) is 5.58. The van der Waals surface area contributed by atoms with Gasteiger partial charge in [0.05, 0.1) is 6.61 Å². The summed E-state index contributed by atoms with van der Waals surface area (Å²) in [5.74, 6) is 1.81. The van der Waals surface area contributed by atoms with E-state index in [2.05, 4.69) is 12.2 Å². The summed E-state index contributed by atoms with van der Waals surface area (Å²) in [6.45, 7) is 5.02. The monoisotopic (exact) mass is 256 g/mol. The minimum absolute atomic E-state index is 0.547. The summed E-state index contributed by atoms with van der Waals surface area (Å²) in [7, 11) is 1.76. The van der Waals surface area contributed by atoms with Crippen molar-refractivity contribution in [2.75, 3.05) is 32.6 Å². The Morgan fingerprint density at radius 3 is 2.82 bits per heavy atom. The van der Waals surface area contributed by atoms with Crippen LogP contribution in [0.2, 0.25) is 0 Å². The molecule has 2 aliphatic rings. The highest BCUT2D eigenvalue weighted by atomic mass is 32.2. The average Bonchev–Trinajstić information content (AvgIpc) is 2.78. The molecule has 98 valence electrons. The molecule has 1 spiro atoms. The predicted octanol–water partition coefficient (Wildman–Crippen LogP) is 2.52. The second-order valence-electron chi connectivity index (χ2n) is 5.56.